The Morgan fingerprint density at radius 1 is 0.700 bits per heavy atom. The van der Waals surface area contributed by atoms with Crippen molar-refractivity contribution in [2.24, 2.45) is 0 Å². The molecule has 0 bridgehead atoms. The van der Waals surface area contributed by atoms with E-state index in [4.69, 9.17) is 9.15 Å². The first-order valence-corrected chi connectivity index (χ1v) is 16.0. The molecule has 2 aliphatic rings. The van der Waals surface area contributed by atoms with E-state index in [9.17, 15) is 9.90 Å². The standard InChI is InChI=1S/C36H50O4/c1-5-9-13-17-29-21-27(22-30(39-29)18-14-10-6-2)25-33-35(37)34(36(33)38)26-28-23-31(19-15-11-7-3)40-32(24-28)20-16-12-8-4/h21-26H,5-20H2,1-4H3/p+1. The zero-order valence-electron chi connectivity index (χ0n) is 25.4. The molecular formula is C36H51O4+. The lowest BCUT2D eigenvalue weighted by Crippen LogP contribution is -2.21. The van der Waals surface area contributed by atoms with Crippen molar-refractivity contribution in [2.75, 3.05) is 0 Å². The molecule has 1 aromatic rings. The minimum Gasteiger partial charge on any atom is -0.506 e. The number of aryl methyl sites for hydroxylation is 2. The van der Waals surface area contributed by atoms with Crippen molar-refractivity contribution in [3.05, 3.63) is 81.4 Å². The van der Waals surface area contributed by atoms with Gasteiger partial charge in [-0.3, -0.25) is 4.79 Å². The van der Waals surface area contributed by atoms with Gasteiger partial charge in [-0.15, -0.1) is 0 Å². The highest BCUT2D eigenvalue weighted by atomic mass is 16.5. The van der Waals surface area contributed by atoms with Gasteiger partial charge in [0.25, 0.3) is 0 Å². The van der Waals surface area contributed by atoms with E-state index >= 15 is 0 Å². The first-order valence-electron chi connectivity index (χ1n) is 16.0. The van der Waals surface area contributed by atoms with Crippen molar-refractivity contribution in [1.29, 1.82) is 0 Å². The summed E-state index contributed by atoms with van der Waals surface area (Å²) in [6.45, 7) is 8.80. The van der Waals surface area contributed by atoms with E-state index in [-0.39, 0.29) is 11.5 Å². The zero-order chi connectivity index (χ0) is 28.7. The number of rotatable bonds is 18. The lowest BCUT2D eigenvalue weighted by Gasteiger charge is -2.21. The summed E-state index contributed by atoms with van der Waals surface area (Å²) >= 11 is 0. The number of carbonyl (C=O) groups excluding carboxylic acids is 1. The molecular weight excluding hydrogens is 496 g/mol. The lowest BCUT2D eigenvalue weighted by atomic mass is 9.85. The Bertz CT molecular complexity index is 1090. The fraction of sp³-hybridized carbons (Fsp3) is 0.556. The molecule has 1 aliphatic heterocycles. The van der Waals surface area contributed by atoms with Crippen molar-refractivity contribution in [3.63, 3.8) is 0 Å². The van der Waals surface area contributed by atoms with E-state index in [1.165, 1.54) is 25.7 Å². The fourth-order valence-electron chi connectivity index (χ4n) is 5.18. The second kappa shape index (κ2) is 17.0. The summed E-state index contributed by atoms with van der Waals surface area (Å²) in [5, 5.41) is 10.9. The average molecular weight is 548 g/mol. The maximum Gasteiger partial charge on any atom is 0.330 e. The smallest absolute Gasteiger partial charge is 0.330 e. The fourth-order valence-corrected chi connectivity index (χ4v) is 5.18. The van der Waals surface area contributed by atoms with Crippen LogP contribution in [0.25, 0.3) is 6.08 Å². The van der Waals surface area contributed by atoms with Crippen molar-refractivity contribution in [3.8, 4) is 0 Å². The summed E-state index contributed by atoms with van der Waals surface area (Å²) in [5.74, 6) is 3.78. The Balaban J connectivity index is 1.85. The van der Waals surface area contributed by atoms with E-state index < -0.39 is 0 Å². The summed E-state index contributed by atoms with van der Waals surface area (Å²) in [4.78, 5) is 13.2. The highest BCUT2D eigenvalue weighted by Gasteiger charge is 2.33. The maximum absolute atomic E-state index is 13.2. The second-order valence-electron chi connectivity index (χ2n) is 11.3. The van der Waals surface area contributed by atoms with Crippen LogP contribution in [0, 0.1) is 0 Å². The average Bonchev–Trinajstić information content (AvgIpc) is 2.95. The van der Waals surface area contributed by atoms with E-state index in [0.717, 1.165) is 111 Å². The molecule has 0 saturated heterocycles. The van der Waals surface area contributed by atoms with Gasteiger partial charge in [-0.05, 0) is 61.1 Å². The Kier molecular flexibility index (Phi) is 13.5. The molecule has 1 aliphatic carbocycles. The quantitative estimate of drug-likeness (QED) is 0.113. The highest BCUT2D eigenvalue weighted by Crippen LogP contribution is 2.34. The van der Waals surface area contributed by atoms with Crippen LogP contribution in [0.15, 0.2) is 68.8 Å². The molecule has 0 atom stereocenters. The van der Waals surface area contributed by atoms with Crippen molar-refractivity contribution < 1.29 is 19.1 Å². The second-order valence-corrected chi connectivity index (χ2v) is 11.3. The number of hydrogen-bond acceptors (Lipinski definition) is 3. The Hall–Kier alpha value is -2.88. The van der Waals surface area contributed by atoms with Gasteiger partial charge in [0.15, 0.2) is 0 Å². The van der Waals surface area contributed by atoms with Crippen LogP contribution in [0.4, 0.5) is 0 Å². The van der Waals surface area contributed by atoms with Gasteiger partial charge in [-0.1, -0.05) is 79.1 Å². The molecule has 1 N–H and O–H groups in total. The third-order valence-corrected chi connectivity index (χ3v) is 7.56. The predicted octanol–water partition coefficient (Wildman–Crippen LogP) is 10.7. The predicted molar refractivity (Wildman–Crippen MR) is 166 cm³/mol. The summed E-state index contributed by atoms with van der Waals surface area (Å²) in [6.07, 6.45) is 24.9. The number of aliphatic hydroxyl groups is 1. The van der Waals surface area contributed by atoms with Crippen LogP contribution < -0.4 is 0 Å². The molecule has 0 spiro atoms. The van der Waals surface area contributed by atoms with Gasteiger partial charge in [-0.25, -0.2) is 4.42 Å². The molecule has 0 radical (unpaired) electrons. The van der Waals surface area contributed by atoms with Gasteiger partial charge in [0.1, 0.15) is 17.3 Å². The highest BCUT2D eigenvalue weighted by molar-refractivity contribution is 6.23. The molecule has 218 valence electrons. The van der Waals surface area contributed by atoms with E-state index in [2.05, 4.69) is 27.7 Å². The molecule has 0 amide bonds. The SMILES string of the molecule is CCCCCC1=CC(=CC2=C(O)/C(=C/c3cc(CCCCC)[o+]c(CCCCC)c3)C2=O)C=C(CCCCC)O1. The van der Waals surface area contributed by atoms with Crippen LogP contribution in [0.1, 0.15) is 135 Å². The molecule has 0 fully saturated rings. The maximum atomic E-state index is 13.2. The number of allylic oxidation sites excluding steroid dienone is 8. The molecule has 3 rings (SSSR count). The van der Waals surface area contributed by atoms with Gasteiger partial charge in [0.2, 0.25) is 5.78 Å². The van der Waals surface area contributed by atoms with E-state index in [1.807, 2.05) is 36.4 Å². The van der Waals surface area contributed by atoms with E-state index in [0.29, 0.717) is 11.1 Å². The Morgan fingerprint density at radius 3 is 1.62 bits per heavy atom. The summed E-state index contributed by atoms with van der Waals surface area (Å²) in [6, 6.07) is 4.05. The normalized spacial score (nSPS) is 16.1. The molecule has 40 heavy (non-hydrogen) atoms. The van der Waals surface area contributed by atoms with Crippen LogP contribution >= 0.6 is 0 Å². The van der Waals surface area contributed by atoms with Gasteiger partial charge in [-0.2, -0.15) is 0 Å². The minimum absolute atomic E-state index is 0.0757. The largest absolute Gasteiger partial charge is 0.506 e. The summed E-state index contributed by atoms with van der Waals surface area (Å²) < 4.78 is 12.4. The molecule has 4 heteroatoms. The van der Waals surface area contributed by atoms with Crippen molar-refractivity contribution in [2.45, 2.75) is 130 Å². The third-order valence-electron chi connectivity index (χ3n) is 7.56. The topological polar surface area (TPSA) is 57.8 Å². The van der Waals surface area contributed by atoms with Crippen LogP contribution in [0.5, 0.6) is 0 Å². The molecule has 4 nitrogen and oxygen atoms in total. The zero-order valence-corrected chi connectivity index (χ0v) is 25.4. The van der Waals surface area contributed by atoms with Crippen LogP contribution in [-0.4, -0.2) is 10.9 Å². The van der Waals surface area contributed by atoms with E-state index in [1.54, 1.807) is 0 Å². The molecule has 2 heterocycles. The van der Waals surface area contributed by atoms with Crippen molar-refractivity contribution in [1.82, 2.24) is 0 Å². The third kappa shape index (κ3) is 9.64. The van der Waals surface area contributed by atoms with Gasteiger partial charge in [0.05, 0.1) is 24.0 Å². The number of ether oxygens (including phenoxy) is 1. The van der Waals surface area contributed by atoms with Gasteiger partial charge in [0, 0.05) is 25.0 Å². The van der Waals surface area contributed by atoms with Crippen LogP contribution in [-0.2, 0) is 22.4 Å². The Labute approximate surface area is 242 Å². The van der Waals surface area contributed by atoms with Crippen LogP contribution in [0.3, 0.4) is 0 Å². The summed E-state index contributed by atoms with van der Waals surface area (Å²) in [5.41, 5.74) is 2.60. The first-order chi connectivity index (χ1) is 19.5. The first kappa shape index (κ1) is 31.6. The molecule has 0 aromatic carbocycles. The monoisotopic (exact) mass is 547 g/mol. The molecule has 1 aromatic heterocycles. The molecule has 0 saturated carbocycles. The molecule has 0 unspecified atom stereocenters. The van der Waals surface area contributed by atoms with Crippen LogP contribution in [0.2, 0.25) is 0 Å². The van der Waals surface area contributed by atoms with Gasteiger partial charge >= 0.3 is 11.5 Å². The number of Topliss-reactive ketones (excluding diaryl/α,β-unsaturated/α-hetero) is 1. The number of ketones is 1. The number of carbonyl (C=O) groups is 1. The Morgan fingerprint density at radius 2 is 1.18 bits per heavy atom. The summed E-state index contributed by atoms with van der Waals surface area (Å²) in [7, 11) is 0. The minimum atomic E-state index is -0.112. The number of unbranched alkanes of at least 4 members (excludes halogenated alkanes) is 8. The lowest BCUT2D eigenvalue weighted by molar-refractivity contribution is -0.113. The number of aliphatic hydroxyl groups excluding tert-OH is 1. The number of hydrogen-bond donors (Lipinski definition) is 1. The van der Waals surface area contributed by atoms with Crippen molar-refractivity contribution >= 4 is 11.9 Å². The van der Waals surface area contributed by atoms with Gasteiger partial charge < -0.3 is 9.84 Å².